The molecule has 23 heavy (non-hydrogen) atoms. The van der Waals surface area contributed by atoms with Gasteiger partial charge in [0, 0.05) is 19.2 Å². The van der Waals surface area contributed by atoms with Crippen LogP contribution in [0, 0.1) is 0 Å². The zero-order valence-electron chi connectivity index (χ0n) is 13.8. The number of likely N-dealkylation sites (N-methyl/N-ethyl adjacent to an activating group) is 1. The van der Waals surface area contributed by atoms with Crippen LogP contribution in [0.5, 0.6) is 5.75 Å². The van der Waals surface area contributed by atoms with Crippen LogP contribution in [-0.4, -0.2) is 41.7 Å². The van der Waals surface area contributed by atoms with E-state index in [1.807, 2.05) is 54.6 Å². The Balaban J connectivity index is 2.06. The number of carbonyl (C=O) groups excluding carboxylic acids is 1. The molecule has 0 fully saturated rings. The highest BCUT2D eigenvalue weighted by Crippen LogP contribution is 2.29. The number of nitrogens with zero attached hydrogens (tertiary/aromatic N) is 1. The van der Waals surface area contributed by atoms with Crippen LogP contribution in [0.15, 0.2) is 54.6 Å². The number of hydrogen-bond donors (Lipinski definition) is 1. The van der Waals surface area contributed by atoms with Gasteiger partial charge >= 0.3 is 0 Å². The molecule has 0 unspecified atom stereocenters. The van der Waals surface area contributed by atoms with Crippen molar-refractivity contribution in [3.8, 4) is 16.9 Å². The van der Waals surface area contributed by atoms with E-state index in [2.05, 4.69) is 0 Å². The van der Waals surface area contributed by atoms with Gasteiger partial charge in [-0.2, -0.15) is 0 Å². The molecule has 0 heterocycles. The number of hydrogen-bond acceptors (Lipinski definition) is 3. The van der Waals surface area contributed by atoms with E-state index >= 15 is 0 Å². The molecule has 0 atom stereocenters. The monoisotopic (exact) mass is 313 g/mol. The minimum absolute atomic E-state index is 0.0591. The average Bonchev–Trinajstić information content (AvgIpc) is 2.52. The van der Waals surface area contributed by atoms with Gasteiger partial charge in [0.25, 0.3) is 5.91 Å². The first-order valence-corrected chi connectivity index (χ1v) is 7.60. The molecule has 2 aromatic carbocycles. The van der Waals surface area contributed by atoms with Crippen molar-refractivity contribution < 1.29 is 14.6 Å². The molecule has 1 amide bonds. The Morgan fingerprint density at radius 2 is 1.70 bits per heavy atom. The topological polar surface area (TPSA) is 49.8 Å². The summed E-state index contributed by atoms with van der Waals surface area (Å²) in [4.78, 5) is 13.6. The van der Waals surface area contributed by atoms with Gasteiger partial charge in [0.05, 0.1) is 5.60 Å². The third-order valence-electron chi connectivity index (χ3n) is 3.37. The fraction of sp³-hybridized carbons (Fsp3) is 0.316. The third kappa shape index (κ3) is 5.11. The zero-order valence-corrected chi connectivity index (χ0v) is 13.8. The Kier molecular flexibility index (Phi) is 5.40. The summed E-state index contributed by atoms with van der Waals surface area (Å²) >= 11 is 0. The first-order valence-electron chi connectivity index (χ1n) is 7.60. The smallest absolute Gasteiger partial charge is 0.260 e. The number of amides is 1. The standard InChI is InChI=1S/C19H23NO3/c1-19(2,22)14-20(3)18(21)13-23-17-12-8-7-11-16(17)15-9-5-4-6-10-15/h4-12,22H,13-14H2,1-3H3. The van der Waals surface area contributed by atoms with Crippen molar-refractivity contribution in [1.82, 2.24) is 4.90 Å². The lowest BCUT2D eigenvalue weighted by Gasteiger charge is -2.25. The van der Waals surface area contributed by atoms with Crippen LogP contribution in [0.3, 0.4) is 0 Å². The molecule has 4 nitrogen and oxygen atoms in total. The molecule has 1 N–H and O–H groups in total. The van der Waals surface area contributed by atoms with E-state index in [4.69, 9.17) is 4.74 Å². The summed E-state index contributed by atoms with van der Waals surface area (Å²) in [6.07, 6.45) is 0. The van der Waals surface area contributed by atoms with Gasteiger partial charge in [0.15, 0.2) is 6.61 Å². The molecular weight excluding hydrogens is 290 g/mol. The number of aliphatic hydroxyl groups is 1. The van der Waals surface area contributed by atoms with Crippen molar-refractivity contribution in [2.75, 3.05) is 20.2 Å². The largest absolute Gasteiger partial charge is 0.483 e. The van der Waals surface area contributed by atoms with Gasteiger partial charge in [-0.05, 0) is 25.5 Å². The normalized spacial score (nSPS) is 11.1. The number of ether oxygens (including phenoxy) is 1. The number of benzene rings is 2. The number of para-hydroxylation sites is 1. The van der Waals surface area contributed by atoms with Gasteiger partial charge in [-0.25, -0.2) is 0 Å². The first kappa shape index (κ1) is 17.0. The second kappa shape index (κ2) is 7.29. The van der Waals surface area contributed by atoms with E-state index in [0.717, 1.165) is 11.1 Å². The fourth-order valence-corrected chi connectivity index (χ4v) is 2.37. The van der Waals surface area contributed by atoms with E-state index < -0.39 is 5.60 Å². The maximum atomic E-state index is 12.1. The van der Waals surface area contributed by atoms with E-state index in [1.54, 1.807) is 20.9 Å². The Morgan fingerprint density at radius 1 is 1.09 bits per heavy atom. The molecule has 0 aliphatic rings. The molecule has 122 valence electrons. The molecule has 2 rings (SSSR count). The lowest BCUT2D eigenvalue weighted by Crippen LogP contribution is -2.41. The van der Waals surface area contributed by atoms with Gasteiger partial charge in [0.1, 0.15) is 5.75 Å². The average molecular weight is 313 g/mol. The molecule has 0 saturated carbocycles. The molecule has 2 aromatic rings. The fourth-order valence-electron chi connectivity index (χ4n) is 2.37. The predicted molar refractivity (Wildman–Crippen MR) is 91.3 cm³/mol. The van der Waals surface area contributed by atoms with Gasteiger partial charge in [-0.3, -0.25) is 4.79 Å². The SMILES string of the molecule is CN(CC(C)(C)O)C(=O)COc1ccccc1-c1ccccc1. The minimum atomic E-state index is -0.924. The van der Waals surface area contributed by atoms with Crippen LogP contribution in [-0.2, 0) is 4.79 Å². The lowest BCUT2D eigenvalue weighted by atomic mass is 10.1. The summed E-state index contributed by atoms with van der Waals surface area (Å²) in [5, 5.41) is 9.78. The number of rotatable bonds is 6. The molecular formula is C19H23NO3. The first-order chi connectivity index (χ1) is 10.9. The van der Waals surface area contributed by atoms with E-state index in [1.165, 1.54) is 4.90 Å². The summed E-state index contributed by atoms with van der Waals surface area (Å²) in [5.41, 5.74) is 1.07. The summed E-state index contributed by atoms with van der Waals surface area (Å²) in [6, 6.07) is 17.5. The van der Waals surface area contributed by atoms with Crippen LogP contribution >= 0.6 is 0 Å². The van der Waals surface area contributed by atoms with E-state index in [0.29, 0.717) is 5.75 Å². The highest BCUT2D eigenvalue weighted by molar-refractivity contribution is 5.78. The van der Waals surface area contributed by atoms with Crippen LogP contribution in [0.4, 0.5) is 0 Å². The molecule has 0 aliphatic carbocycles. The van der Waals surface area contributed by atoms with Crippen LogP contribution in [0.25, 0.3) is 11.1 Å². The summed E-state index contributed by atoms with van der Waals surface area (Å²) < 4.78 is 5.72. The maximum Gasteiger partial charge on any atom is 0.260 e. The van der Waals surface area contributed by atoms with Crippen LogP contribution < -0.4 is 4.74 Å². The Labute approximate surface area is 137 Å². The molecule has 0 saturated heterocycles. The van der Waals surface area contributed by atoms with Crippen molar-refractivity contribution in [1.29, 1.82) is 0 Å². The predicted octanol–water partition coefficient (Wildman–Crippen LogP) is 2.96. The van der Waals surface area contributed by atoms with Crippen molar-refractivity contribution >= 4 is 5.91 Å². The highest BCUT2D eigenvalue weighted by Gasteiger charge is 2.19. The second-order valence-corrected chi connectivity index (χ2v) is 6.21. The molecule has 0 spiro atoms. The number of carbonyl (C=O) groups is 1. The second-order valence-electron chi connectivity index (χ2n) is 6.21. The van der Waals surface area contributed by atoms with Gasteiger partial charge in [-0.15, -0.1) is 0 Å². The van der Waals surface area contributed by atoms with Gasteiger partial charge in [0.2, 0.25) is 0 Å². The van der Waals surface area contributed by atoms with Crippen LogP contribution in [0.1, 0.15) is 13.8 Å². The molecule has 0 aliphatic heterocycles. The lowest BCUT2D eigenvalue weighted by molar-refractivity contribution is -0.134. The van der Waals surface area contributed by atoms with E-state index in [-0.39, 0.29) is 19.1 Å². The third-order valence-corrected chi connectivity index (χ3v) is 3.37. The Morgan fingerprint density at radius 3 is 2.35 bits per heavy atom. The van der Waals surface area contributed by atoms with Crippen LogP contribution in [0.2, 0.25) is 0 Å². The van der Waals surface area contributed by atoms with Gasteiger partial charge < -0.3 is 14.7 Å². The summed E-state index contributed by atoms with van der Waals surface area (Å²) in [5.74, 6) is 0.499. The van der Waals surface area contributed by atoms with Crippen molar-refractivity contribution in [3.05, 3.63) is 54.6 Å². The zero-order chi connectivity index (χ0) is 16.9. The van der Waals surface area contributed by atoms with Crippen molar-refractivity contribution in [2.24, 2.45) is 0 Å². The van der Waals surface area contributed by atoms with Crippen molar-refractivity contribution in [3.63, 3.8) is 0 Å². The minimum Gasteiger partial charge on any atom is -0.483 e. The highest BCUT2D eigenvalue weighted by atomic mass is 16.5. The molecule has 0 radical (unpaired) electrons. The molecule has 0 bridgehead atoms. The summed E-state index contributed by atoms with van der Waals surface area (Å²) in [7, 11) is 1.66. The van der Waals surface area contributed by atoms with Gasteiger partial charge in [-0.1, -0.05) is 48.5 Å². The summed E-state index contributed by atoms with van der Waals surface area (Å²) in [6.45, 7) is 3.54. The maximum absolute atomic E-state index is 12.1. The molecule has 4 heteroatoms. The van der Waals surface area contributed by atoms with E-state index in [9.17, 15) is 9.90 Å². The quantitative estimate of drug-likeness (QED) is 0.892. The van der Waals surface area contributed by atoms with Crippen molar-refractivity contribution in [2.45, 2.75) is 19.4 Å². The molecule has 0 aromatic heterocycles. The Bertz CT molecular complexity index is 647. The Hall–Kier alpha value is -2.33.